The molecular weight excluding hydrogens is 236 g/mol. The second-order valence-corrected chi connectivity index (χ2v) is 5.41. The maximum atomic E-state index is 11.9. The van der Waals surface area contributed by atoms with E-state index in [1.807, 2.05) is 12.1 Å². The minimum Gasteiger partial charge on any atom is -0.377 e. The van der Waals surface area contributed by atoms with Crippen LogP contribution in [0.25, 0.3) is 0 Å². The summed E-state index contributed by atoms with van der Waals surface area (Å²) in [4.78, 5) is 11.9. The molecule has 90 valence electrons. The van der Waals surface area contributed by atoms with Crippen molar-refractivity contribution in [3.8, 4) is 0 Å². The van der Waals surface area contributed by atoms with Crippen LogP contribution in [-0.4, -0.2) is 11.4 Å². The zero-order chi connectivity index (χ0) is 11.9. The van der Waals surface area contributed by atoms with E-state index in [1.54, 1.807) is 6.07 Å². The van der Waals surface area contributed by atoms with Crippen LogP contribution in [0.3, 0.4) is 0 Å². The van der Waals surface area contributed by atoms with Crippen molar-refractivity contribution >= 4 is 28.9 Å². The fraction of sp³-hybridized carbons (Fsp3) is 0.462. The molecule has 2 aliphatic rings. The summed E-state index contributed by atoms with van der Waals surface area (Å²) in [6.45, 7) is 0. The van der Waals surface area contributed by atoms with Gasteiger partial charge in [0.1, 0.15) is 0 Å². The fourth-order valence-electron chi connectivity index (χ4n) is 2.93. The van der Waals surface area contributed by atoms with Crippen molar-refractivity contribution in [2.24, 2.45) is 0 Å². The molecule has 0 aromatic heterocycles. The third-order valence-electron chi connectivity index (χ3n) is 3.74. The molecule has 0 atom stereocenters. The lowest BCUT2D eigenvalue weighted by molar-refractivity contribution is -0.117. The predicted octanol–water partition coefficient (Wildman–Crippen LogP) is 3.41. The molecule has 17 heavy (non-hydrogen) atoms. The Hall–Kier alpha value is -1.22. The highest BCUT2D eigenvalue weighted by atomic mass is 35.5. The van der Waals surface area contributed by atoms with Crippen molar-refractivity contribution in [3.05, 3.63) is 23.2 Å². The number of fused-ring (bicyclic) bond motifs is 1. The first-order valence-electron chi connectivity index (χ1n) is 6.05. The Bertz CT molecular complexity index is 466. The lowest BCUT2D eigenvalue weighted by atomic mass is 9.93. The van der Waals surface area contributed by atoms with Crippen LogP contribution >= 0.6 is 11.6 Å². The normalized spacial score (nSPS) is 21.6. The number of para-hydroxylation sites is 1. The van der Waals surface area contributed by atoms with Gasteiger partial charge in [-0.05, 0) is 25.0 Å². The van der Waals surface area contributed by atoms with E-state index >= 15 is 0 Å². The van der Waals surface area contributed by atoms with Gasteiger partial charge in [-0.3, -0.25) is 4.79 Å². The van der Waals surface area contributed by atoms with Crippen LogP contribution in [0.1, 0.15) is 32.1 Å². The Morgan fingerprint density at radius 2 is 2.00 bits per heavy atom. The summed E-state index contributed by atoms with van der Waals surface area (Å²) in [5.41, 5.74) is 1.62. The fourth-order valence-corrected chi connectivity index (χ4v) is 3.15. The zero-order valence-corrected chi connectivity index (χ0v) is 10.3. The second-order valence-electron chi connectivity index (χ2n) is 5.00. The third-order valence-corrected chi connectivity index (χ3v) is 4.05. The molecular formula is C13H15ClN2O. The Labute approximate surface area is 106 Å². The van der Waals surface area contributed by atoms with E-state index in [-0.39, 0.29) is 11.4 Å². The Morgan fingerprint density at radius 1 is 1.24 bits per heavy atom. The molecule has 1 fully saturated rings. The summed E-state index contributed by atoms with van der Waals surface area (Å²) in [6.07, 6.45) is 5.04. The minimum atomic E-state index is -0.0555. The topological polar surface area (TPSA) is 41.1 Å². The largest absolute Gasteiger partial charge is 0.377 e. The van der Waals surface area contributed by atoms with Gasteiger partial charge in [0.2, 0.25) is 5.91 Å². The van der Waals surface area contributed by atoms with Gasteiger partial charge in [0.05, 0.1) is 16.4 Å². The van der Waals surface area contributed by atoms with Gasteiger partial charge in [-0.1, -0.05) is 30.5 Å². The van der Waals surface area contributed by atoms with E-state index in [0.29, 0.717) is 11.4 Å². The summed E-state index contributed by atoms with van der Waals surface area (Å²) in [5.74, 6) is 0.0613. The maximum Gasteiger partial charge on any atom is 0.226 e. The molecule has 2 N–H and O–H groups in total. The first-order valence-corrected chi connectivity index (χ1v) is 6.43. The average molecular weight is 251 g/mol. The van der Waals surface area contributed by atoms with Gasteiger partial charge < -0.3 is 10.6 Å². The molecule has 4 heteroatoms. The molecule has 0 unspecified atom stereocenters. The quantitative estimate of drug-likeness (QED) is 0.741. The van der Waals surface area contributed by atoms with Crippen molar-refractivity contribution < 1.29 is 4.79 Å². The monoisotopic (exact) mass is 250 g/mol. The van der Waals surface area contributed by atoms with Crippen LogP contribution in [0.4, 0.5) is 11.4 Å². The molecule has 3 nitrogen and oxygen atoms in total. The standard InChI is InChI=1S/C13H15ClN2O/c14-9-4-3-5-10-12(9)15-11(17)8-13(16-10)6-1-2-7-13/h3-5,16H,1-2,6-8H2,(H,15,17). The maximum absolute atomic E-state index is 11.9. The first kappa shape index (κ1) is 10.9. The van der Waals surface area contributed by atoms with E-state index in [1.165, 1.54) is 12.8 Å². The molecule has 1 amide bonds. The van der Waals surface area contributed by atoms with Crippen LogP contribution in [0.5, 0.6) is 0 Å². The second kappa shape index (κ2) is 3.91. The zero-order valence-electron chi connectivity index (χ0n) is 9.55. The van der Waals surface area contributed by atoms with Gasteiger partial charge in [-0.25, -0.2) is 0 Å². The van der Waals surface area contributed by atoms with Crippen molar-refractivity contribution in [2.45, 2.75) is 37.6 Å². The average Bonchev–Trinajstić information content (AvgIpc) is 2.65. The third kappa shape index (κ3) is 1.89. The first-order chi connectivity index (χ1) is 8.19. The van der Waals surface area contributed by atoms with Crippen molar-refractivity contribution in [1.82, 2.24) is 0 Å². The van der Waals surface area contributed by atoms with Crippen LogP contribution in [0.2, 0.25) is 5.02 Å². The predicted molar refractivity (Wildman–Crippen MR) is 69.5 cm³/mol. The number of carbonyl (C=O) groups excluding carboxylic acids is 1. The Balaban J connectivity index is 2.04. The SMILES string of the molecule is O=C1CC2(CCCC2)Nc2cccc(Cl)c2N1. The molecule has 1 saturated carbocycles. The number of anilines is 2. The molecule has 1 heterocycles. The van der Waals surface area contributed by atoms with Gasteiger partial charge in [-0.15, -0.1) is 0 Å². The number of hydrogen-bond donors (Lipinski definition) is 2. The van der Waals surface area contributed by atoms with Gasteiger partial charge >= 0.3 is 0 Å². The minimum absolute atomic E-state index is 0.0555. The lowest BCUT2D eigenvalue weighted by Gasteiger charge is -2.28. The molecule has 0 radical (unpaired) electrons. The molecule has 1 spiro atoms. The number of hydrogen-bond acceptors (Lipinski definition) is 2. The molecule has 1 aromatic carbocycles. The summed E-state index contributed by atoms with van der Waals surface area (Å²) in [6, 6.07) is 5.69. The van der Waals surface area contributed by atoms with Gasteiger partial charge in [-0.2, -0.15) is 0 Å². The number of benzene rings is 1. The lowest BCUT2D eigenvalue weighted by Crippen LogP contribution is -2.36. The van der Waals surface area contributed by atoms with Crippen molar-refractivity contribution in [1.29, 1.82) is 0 Å². The highest BCUT2D eigenvalue weighted by Crippen LogP contribution is 2.42. The highest BCUT2D eigenvalue weighted by Gasteiger charge is 2.38. The van der Waals surface area contributed by atoms with Gasteiger partial charge in [0, 0.05) is 12.0 Å². The molecule has 1 aliphatic heterocycles. The van der Waals surface area contributed by atoms with E-state index < -0.39 is 0 Å². The summed E-state index contributed by atoms with van der Waals surface area (Å²) in [7, 11) is 0. The summed E-state index contributed by atoms with van der Waals surface area (Å²) >= 11 is 6.12. The summed E-state index contributed by atoms with van der Waals surface area (Å²) < 4.78 is 0. The van der Waals surface area contributed by atoms with Crippen LogP contribution in [0.15, 0.2) is 18.2 Å². The van der Waals surface area contributed by atoms with E-state index in [0.717, 1.165) is 24.2 Å². The number of halogens is 1. The number of nitrogens with one attached hydrogen (secondary N) is 2. The van der Waals surface area contributed by atoms with Gasteiger partial charge in [0.15, 0.2) is 0 Å². The molecule has 3 rings (SSSR count). The molecule has 0 bridgehead atoms. The number of rotatable bonds is 0. The number of carbonyl (C=O) groups is 1. The van der Waals surface area contributed by atoms with Crippen molar-refractivity contribution in [2.75, 3.05) is 10.6 Å². The molecule has 1 aromatic rings. The van der Waals surface area contributed by atoms with Gasteiger partial charge in [0.25, 0.3) is 0 Å². The molecule has 1 aliphatic carbocycles. The van der Waals surface area contributed by atoms with E-state index in [9.17, 15) is 4.79 Å². The van der Waals surface area contributed by atoms with E-state index in [4.69, 9.17) is 11.6 Å². The van der Waals surface area contributed by atoms with Crippen LogP contribution < -0.4 is 10.6 Å². The summed E-state index contributed by atoms with van der Waals surface area (Å²) in [5, 5.41) is 7.04. The van der Waals surface area contributed by atoms with Crippen molar-refractivity contribution in [3.63, 3.8) is 0 Å². The molecule has 0 saturated heterocycles. The van der Waals surface area contributed by atoms with E-state index in [2.05, 4.69) is 10.6 Å². The highest BCUT2D eigenvalue weighted by molar-refractivity contribution is 6.34. The van der Waals surface area contributed by atoms with Crippen LogP contribution in [-0.2, 0) is 4.79 Å². The van der Waals surface area contributed by atoms with Crippen LogP contribution in [0, 0.1) is 0 Å². The smallest absolute Gasteiger partial charge is 0.226 e. The Kier molecular flexibility index (Phi) is 2.51. The Morgan fingerprint density at radius 3 is 2.76 bits per heavy atom. The number of amides is 1.